The lowest BCUT2D eigenvalue weighted by Gasteiger charge is -2.36. The summed E-state index contributed by atoms with van der Waals surface area (Å²) in [6.07, 6.45) is -6.53. The summed E-state index contributed by atoms with van der Waals surface area (Å²) in [5.41, 5.74) is 7.57. The summed E-state index contributed by atoms with van der Waals surface area (Å²) in [4.78, 5) is 151. The molecule has 4 aliphatic heterocycles. The van der Waals surface area contributed by atoms with Crippen LogP contribution in [-0.4, -0.2) is 312 Å². The molecule has 146 heavy (non-hydrogen) atoms. The lowest BCUT2D eigenvalue weighted by atomic mass is 9.85. The average Bonchev–Trinajstić information content (AvgIpc) is 1.59. The van der Waals surface area contributed by atoms with Crippen molar-refractivity contribution < 1.29 is 94.0 Å². The number of likely N-dealkylation sites (tertiary alicyclic amines) is 4. The maximum Gasteiger partial charge on any atom is 0.471 e. The van der Waals surface area contributed by atoms with Crippen molar-refractivity contribution in [1.82, 2.24) is 81.1 Å². The van der Waals surface area contributed by atoms with E-state index in [4.69, 9.17) is 9.47 Å². The molecule has 4 saturated heterocycles. The minimum absolute atomic E-state index is 0.0108. The molecule has 0 saturated carbocycles. The van der Waals surface area contributed by atoms with Gasteiger partial charge in [-0.25, -0.2) is 0 Å². The molecule has 14 atom stereocenters. The number of carbonyl (C=O) groups excluding carboxylic acids is 10. The molecule has 10 amide bonds. The minimum Gasteiger partial charge on any atom is -0.395 e. The molecule has 0 aliphatic carbocycles. The van der Waals surface area contributed by atoms with Crippen LogP contribution in [0.1, 0.15) is 168 Å². The van der Waals surface area contributed by atoms with Crippen LogP contribution in [0.4, 0.5) is 26.3 Å². The molecular formula is C110H148F6N16O14. The van der Waals surface area contributed by atoms with Gasteiger partial charge in [0.25, 0.3) is 0 Å². The highest BCUT2D eigenvalue weighted by Gasteiger charge is 2.49. The summed E-state index contributed by atoms with van der Waals surface area (Å²) in [5, 5.41) is 47.8. The van der Waals surface area contributed by atoms with Crippen molar-refractivity contribution in [3.8, 4) is 46.2 Å². The average molecular weight is 2030 g/mol. The van der Waals surface area contributed by atoms with Crippen LogP contribution in [0.25, 0.3) is 44.3 Å². The fourth-order valence-corrected chi connectivity index (χ4v) is 20.4. The van der Waals surface area contributed by atoms with E-state index in [1.54, 1.807) is 91.4 Å². The summed E-state index contributed by atoms with van der Waals surface area (Å²) in [6.45, 7) is 18.5. The van der Waals surface area contributed by atoms with E-state index in [9.17, 15) is 70.1 Å². The van der Waals surface area contributed by atoms with Crippen molar-refractivity contribution in [3.05, 3.63) is 155 Å². The number of likely N-dealkylation sites (N-methyl/N-ethyl adjacent to an activating group) is 4. The van der Waals surface area contributed by atoms with Gasteiger partial charge in [-0.05, 0) is 233 Å². The predicted octanol–water partition coefficient (Wildman–Crippen LogP) is 9.81. The van der Waals surface area contributed by atoms with Crippen molar-refractivity contribution in [2.45, 2.75) is 283 Å². The highest BCUT2D eigenvalue weighted by Crippen LogP contribution is 2.43. The third kappa shape index (κ3) is 29.2. The zero-order chi connectivity index (χ0) is 106. The fourth-order valence-electron chi connectivity index (χ4n) is 20.4. The number of hydrogen-bond donors (Lipinski definition) is 10. The summed E-state index contributed by atoms with van der Waals surface area (Å²) >= 11 is 0. The van der Waals surface area contributed by atoms with Gasteiger partial charge in [0.15, 0.2) is 0 Å². The Hall–Kier alpha value is -11.7. The van der Waals surface area contributed by atoms with E-state index in [0.29, 0.717) is 86.0 Å². The zero-order valence-corrected chi connectivity index (χ0v) is 86.9. The van der Waals surface area contributed by atoms with Gasteiger partial charge < -0.3 is 101 Å². The van der Waals surface area contributed by atoms with Gasteiger partial charge in [-0.15, -0.1) is 0 Å². The number of halogens is 6. The Morgan fingerprint density at radius 1 is 0.438 bits per heavy atom. The molecule has 6 heterocycles. The van der Waals surface area contributed by atoms with Crippen molar-refractivity contribution in [3.63, 3.8) is 0 Å². The summed E-state index contributed by atoms with van der Waals surface area (Å²) in [7, 11) is 6.49. The Morgan fingerprint density at radius 2 is 0.842 bits per heavy atom. The third-order valence-corrected chi connectivity index (χ3v) is 28.9. The van der Waals surface area contributed by atoms with Crippen molar-refractivity contribution in [1.29, 1.82) is 0 Å². The van der Waals surface area contributed by atoms with E-state index >= 15 is 14.4 Å². The molecule has 2 aromatic heterocycles. The molecule has 36 heteroatoms. The number of amides is 10. The number of hydrogen-bond acceptors (Lipinski definition) is 18. The predicted molar refractivity (Wildman–Crippen MR) is 549 cm³/mol. The van der Waals surface area contributed by atoms with Gasteiger partial charge in [-0.1, -0.05) is 169 Å². The molecule has 11 rings (SSSR count). The van der Waals surface area contributed by atoms with Crippen molar-refractivity contribution in [2.75, 3.05) is 107 Å². The number of carbonyl (C=O) groups is 10. The number of aromatic nitrogens is 2. The molecular weight excluding hydrogens is 1880 g/mol. The first-order chi connectivity index (χ1) is 69.5. The van der Waals surface area contributed by atoms with Gasteiger partial charge >= 0.3 is 24.2 Å². The summed E-state index contributed by atoms with van der Waals surface area (Å²) in [6, 6.07) is 29.9. The monoisotopic (exact) mass is 2030 g/mol. The number of aliphatic hydroxyl groups is 2. The van der Waals surface area contributed by atoms with E-state index in [0.717, 1.165) is 73.2 Å². The van der Waals surface area contributed by atoms with Crippen LogP contribution in [0, 0.1) is 34.5 Å². The van der Waals surface area contributed by atoms with E-state index in [2.05, 4.69) is 76.8 Å². The number of alkyl halides is 6. The molecule has 10 N–H and O–H groups in total. The molecule has 30 nitrogen and oxygen atoms in total. The molecule has 0 radical (unpaired) electrons. The Labute approximate surface area is 853 Å². The quantitative estimate of drug-likeness (QED) is 0.0125. The highest BCUT2D eigenvalue weighted by molar-refractivity contribution is 5.98. The maximum atomic E-state index is 15.6. The van der Waals surface area contributed by atoms with Crippen LogP contribution in [-0.2, 0) is 103 Å². The zero-order valence-electron chi connectivity index (χ0n) is 86.9. The number of aliphatic hydroxyl groups excluding tert-OH is 2. The molecule has 0 bridgehead atoms. The lowest BCUT2D eigenvalue weighted by molar-refractivity contribution is -0.186. The third-order valence-electron chi connectivity index (χ3n) is 28.9. The largest absolute Gasteiger partial charge is 0.471 e. The Morgan fingerprint density at radius 3 is 1.30 bits per heavy atom. The Kier molecular flexibility index (Phi) is 41.0. The second-order valence-electron chi connectivity index (χ2n) is 41.0. The maximum absolute atomic E-state index is 15.6. The highest BCUT2D eigenvalue weighted by atomic mass is 19.4. The number of aryl methyl sites for hydroxylation is 2. The van der Waals surface area contributed by atoms with E-state index in [-0.39, 0.29) is 127 Å². The van der Waals surface area contributed by atoms with Gasteiger partial charge in [0.1, 0.15) is 37.4 Å². The van der Waals surface area contributed by atoms with Crippen LogP contribution >= 0.6 is 0 Å². The standard InChI is InChI=1S/C110H148F6N16O14/c1-70(117-12)97(135)121-91(101(139)130-57-32-41-83(130)69-126(106(144)110(114,115)116)58-52-76-35-22-19-23-36-76)73(4)145-63-26-16-17-27-64-146-74(5)92(102(140)129-56-31-40-82(129)68-125(105(143)109(111,112)113)53-28-37-75-33-20-18-21-34-75)122-100(138)88(120-15)65-77-44-50-85-87(67-81-39-30-55-128(81)104(142)96(108(9,10)11)124-99(137)72(3)119-14)94(132(60-62-134)90(85)66-77)79-47-45-78(46-48-79)93-86(84-42-24-25-43-89(84)131(93)59-61-133)51-49-80-38-29-54-127(80)103(141)95(107(6,7)8)123-98(136)71(2)118-13/h18-25,33-36,42-48,50,66,70-74,80-83,88,91-92,95-96,117-120,133-134H,28-32,37-41,49,51-65,67-69H2,1-15H3,(H,121,135)(H,122,138)(H,123,136)(H,124,137)/t70-,71-,72-,73?,74?,80-,81-,82-,83?,88-,91?,92?,95?,96?/m0/s1. The first-order valence-electron chi connectivity index (χ1n) is 51.1. The molecule has 0 spiro atoms. The van der Waals surface area contributed by atoms with Crippen LogP contribution < -0.4 is 42.5 Å². The molecule has 7 aromatic rings. The Bertz CT molecular complexity index is 5770. The number of para-hydroxylation sites is 1. The minimum atomic E-state index is -5.25. The molecule has 4 aliphatic rings. The summed E-state index contributed by atoms with van der Waals surface area (Å²) < 4.78 is 103. The number of ether oxygens (including phenoxy) is 2. The van der Waals surface area contributed by atoms with Gasteiger partial charge in [0.2, 0.25) is 47.3 Å². The van der Waals surface area contributed by atoms with E-state index < -0.39 is 151 Å². The van der Waals surface area contributed by atoms with Gasteiger partial charge in [-0.3, -0.25) is 47.9 Å². The molecule has 7 unspecified atom stereocenters. The molecule has 4 fully saturated rings. The van der Waals surface area contributed by atoms with Crippen molar-refractivity contribution >= 4 is 80.9 Å². The number of rotatable bonds is 46. The molecule has 794 valence electrons. The van der Waals surface area contributed by atoms with Gasteiger partial charge in [0.05, 0.1) is 61.0 Å². The normalized spacial score (nSPS) is 18.2. The first kappa shape index (κ1) is 115. The fraction of sp³-hybridized carbons (Fsp3) is 0.564. The van der Waals surface area contributed by atoms with E-state index in [1.165, 1.54) is 23.6 Å². The van der Waals surface area contributed by atoms with Crippen molar-refractivity contribution in [2.24, 2.45) is 10.8 Å². The smallest absolute Gasteiger partial charge is 0.395 e. The van der Waals surface area contributed by atoms with Crippen LogP contribution in [0.2, 0.25) is 0 Å². The van der Waals surface area contributed by atoms with Gasteiger partial charge in [0, 0.05) is 111 Å². The van der Waals surface area contributed by atoms with Crippen LogP contribution in [0.15, 0.2) is 127 Å². The topological polar surface area (TPSA) is 355 Å². The number of fused-ring (bicyclic) bond motifs is 2. The lowest BCUT2D eigenvalue weighted by Crippen LogP contribution is -2.59. The number of nitrogens with zero attached hydrogens (tertiary/aromatic N) is 8. The molecule has 5 aromatic carbocycles. The number of nitrogens with one attached hydrogen (secondary N) is 8. The SMILES string of the molecule is CN[C@@H](C)C(=O)NC(C(=O)N1CCCC1CN(CCc1ccccc1)C(=O)C(F)(F)F)C(C)OCC#CC#CCOC(C)C(NC(=O)[C@H](Cc1ccc2c(C[C@@H]3CCCN3C(=O)C(NC(=O)[C@H](C)NC)C(C)(C)C)c(-c3ccc(-c4c(CC[C@@H]5CCCN5C(=O)C(NC(=O)[C@H](C)NC)C(C)(C)C)c5ccccc5n4CCO)cc3)n(CCO)c2c1)NC)C(=O)N1CCC[C@H]1CN(CCCc1ccccc1)C(=O)C(F)(F)F. The second kappa shape index (κ2) is 52.2. The first-order valence-corrected chi connectivity index (χ1v) is 51.1. The summed E-state index contributed by atoms with van der Waals surface area (Å²) in [5.74, 6) is 3.23. The van der Waals surface area contributed by atoms with E-state index in [1.807, 2.05) is 135 Å². The number of benzene rings is 5. The second-order valence-corrected chi connectivity index (χ2v) is 41.0. The Balaban J connectivity index is 0.896. The van der Waals surface area contributed by atoms with Crippen LogP contribution in [0.5, 0.6) is 0 Å². The van der Waals surface area contributed by atoms with Crippen LogP contribution in [0.3, 0.4) is 0 Å². The van der Waals surface area contributed by atoms with Gasteiger partial charge in [-0.2, -0.15) is 26.3 Å².